The van der Waals surface area contributed by atoms with Crippen molar-refractivity contribution in [2.45, 2.75) is 0 Å². The second-order valence-corrected chi connectivity index (χ2v) is 3.35. The van der Waals surface area contributed by atoms with Gasteiger partial charge in [0, 0.05) is 18.8 Å². The Hall–Kier alpha value is -1.86. The first-order valence-corrected chi connectivity index (χ1v) is 5.15. The Bertz CT molecular complexity index is 366. The number of hydrogen-bond donors (Lipinski definition) is 3. The van der Waals surface area contributed by atoms with Gasteiger partial charge in [-0.2, -0.15) is 0 Å². The maximum Gasteiger partial charge on any atom is 0.162 e. The summed E-state index contributed by atoms with van der Waals surface area (Å²) in [5.41, 5.74) is 3.12. The van der Waals surface area contributed by atoms with E-state index in [0.717, 1.165) is 0 Å². The normalized spacial score (nSPS) is 10.0. The van der Waals surface area contributed by atoms with E-state index in [2.05, 4.69) is 5.43 Å². The number of aliphatic hydroxyl groups excluding tert-OH is 2. The molecule has 0 fully saturated rings. The van der Waals surface area contributed by atoms with Crippen LogP contribution in [0.1, 0.15) is 0 Å². The number of hydrazine groups is 1. The van der Waals surface area contributed by atoms with E-state index in [0.29, 0.717) is 24.5 Å². The minimum atomic E-state index is -0.637. The molecule has 7 nitrogen and oxygen atoms in total. The van der Waals surface area contributed by atoms with E-state index in [9.17, 15) is 10.1 Å². The van der Waals surface area contributed by atoms with Gasteiger partial charge in [-0.25, -0.2) is 10.1 Å². The van der Waals surface area contributed by atoms with Crippen molar-refractivity contribution in [1.82, 2.24) is 0 Å². The van der Waals surface area contributed by atoms with Crippen LogP contribution in [0.25, 0.3) is 0 Å². The minimum absolute atomic E-state index is 0.0487. The van der Waals surface area contributed by atoms with Gasteiger partial charge in [-0.05, 0) is 18.2 Å². The van der Waals surface area contributed by atoms with Gasteiger partial charge in [0.2, 0.25) is 0 Å². The highest BCUT2D eigenvalue weighted by atomic mass is 16.7. The third-order valence-electron chi connectivity index (χ3n) is 2.17. The van der Waals surface area contributed by atoms with Gasteiger partial charge >= 0.3 is 0 Å². The molecule has 1 rings (SSSR count). The van der Waals surface area contributed by atoms with E-state index in [1.165, 1.54) is 0 Å². The molecule has 0 bridgehead atoms. The summed E-state index contributed by atoms with van der Waals surface area (Å²) in [6.45, 7) is 0.630. The number of nitrogens with zero attached hydrogens (tertiary/aromatic N) is 2. The Morgan fingerprint density at radius 1 is 1.29 bits per heavy atom. The highest BCUT2D eigenvalue weighted by Gasteiger charge is 2.07. The van der Waals surface area contributed by atoms with Gasteiger partial charge in [0.25, 0.3) is 0 Å². The Balaban J connectivity index is 2.83. The molecule has 94 valence electrons. The molecule has 0 radical (unpaired) electrons. The first-order chi connectivity index (χ1) is 8.17. The quantitative estimate of drug-likeness (QED) is 0.462. The third-order valence-corrected chi connectivity index (χ3v) is 2.17. The number of aliphatic hydroxyl groups is 2. The van der Waals surface area contributed by atoms with Crippen molar-refractivity contribution in [3.63, 3.8) is 0 Å². The molecule has 0 saturated heterocycles. The molecular weight excluding hydrogens is 226 g/mol. The standard InChI is InChI=1S/C10H15N3O4/c14-6-4-12(5-7-15)10-3-1-2-9(8-10)11-13(16)17/h1-3,8,11,14-15H,4-7H2. The SMILES string of the molecule is O=[N+]([O-])Nc1cccc(N(CCO)CCO)c1. The summed E-state index contributed by atoms with van der Waals surface area (Å²) in [4.78, 5) is 12.0. The molecule has 0 aliphatic heterocycles. The van der Waals surface area contributed by atoms with Crippen molar-refractivity contribution in [3.8, 4) is 0 Å². The molecule has 1 aromatic rings. The van der Waals surface area contributed by atoms with Crippen LogP contribution in [0.5, 0.6) is 0 Å². The highest BCUT2D eigenvalue weighted by molar-refractivity contribution is 5.57. The van der Waals surface area contributed by atoms with Crippen LogP contribution in [-0.2, 0) is 0 Å². The predicted molar refractivity (Wildman–Crippen MR) is 63.4 cm³/mol. The summed E-state index contributed by atoms with van der Waals surface area (Å²) in [5.74, 6) is 0. The monoisotopic (exact) mass is 241 g/mol. The lowest BCUT2D eigenvalue weighted by Crippen LogP contribution is -2.29. The van der Waals surface area contributed by atoms with E-state index >= 15 is 0 Å². The van der Waals surface area contributed by atoms with Crippen LogP contribution in [0.15, 0.2) is 24.3 Å². The lowest BCUT2D eigenvalue weighted by atomic mass is 10.2. The molecule has 17 heavy (non-hydrogen) atoms. The topological polar surface area (TPSA) is 98.9 Å². The number of rotatable bonds is 7. The molecule has 3 N–H and O–H groups in total. The van der Waals surface area contributed by atoms with Gasteiger partial charge in [-0.15, -0.1) is 5.43 Å². The second-order valence-electron chi connectivity index (χ2n) is 3.35. The number of anilines is 2. The van der Waals surface area contributed by atoms with Crippen LogP contribution in [0.3, 0.4) is 0 Å². The summed E-state index contributed by atoms with van der Waals surface area (Å²) in [6, 6.07) is 6.59. The highest BCUT2D eigenvalue weighted by Crippen LogP contribution is 2.19. The summed E-state index contributed by atoms with van der Waals surface area (Å²) >= 11 is 0. The largest absolute Gasteiger partial charge is 0.395 e. The first-order valence-electron chi connectivity index (χ1n) is 5.15. The summed E-state index contributed by atoms with van der Waals surface area (Å²) in [5, 5.41) is 27.4. The fraction of sp³-hybridized carbons (Fsp3) is 0.400. The predicted octanol–water partition coefficient (Wildman–Crippen LogP) is 0.0812. The van der Waals surface area contributed by atoms with Crippen molar-refractivity contribution in [2.24, 2.45) is 0 Å². The van der Waals surface area contributed by atoms with Crippen molar-refractivity contribution < 1.29 is 15.2 Å². The average Bonchev–Trinajstić information content (AvgIpc) is 2.28. The number of nitrogens with one attached hydrogen (secondary N) is 1. The first kappa shape index (κ1) is 13.2. The van der Waals surface area contributed by atoms with Crippen LogP contribution in [0.4, 0.5) is 11.4 Å². The van der Waals surface area contributed by atoms with Crippen LogP contribution in [0, 0.1) is 10.1 Å². The van der Waals surface area contributed by atoms with Crippen LogP contribution in [0.2, 0.25) is 0 Å². The van der Waals surface area contributed by atoms with Crippen LogP contribution >= 0.6 is 0 Å². The van der Waals surface area contributed by atoms with Gasteiger partial charge in [-0.3, -0.25) is 0 Å². The lowest BCUT2D eigenvalue weighted by molar-refractivity contribution is -0.445. The van der Waals surface area contributed by atoms with Crippen molar-refractivity contribution in [3.05, 3.63) is 34.4 Å². The van der Waals surface area contributed by atoms with Gasteiger partial charge in [0.1, 0.15) is 5.69 Å². The third kappa shape index (κ3) is 4.25. The Morgan fingerprint density at radius 3 is 2.47 bits per heavy atom. The molecule has 1 aromatic carbocycles. The molecular formula is C10H15N3O4. The molecule has 0 aliphatic rings. The summed E-state index contributed by atoms with van der Waals surface area (Å²) in [6.07, 6.45) is 0. The van der Waals surface area contributed by atoms with Crippen molar-refractivity contribution >= 4 is 11.4 Å². The Morgan fingerprint density at radius 2 is 1.94 bits per heavy atom. The zero-order valence-electron chi connectivity index (χ0n) is 9.24. The van der Waals surface area contributed by atoms with Crippen molar-refractivity contribution in [1.29, 1.82) is 0 Å². The van der Waals surface area contributed by atoms with Crippen LogP contribution in [-0.4, -0.2) is 41.5 Å². The van der Waals surface area contributed by atoms with Gasteiger partial charge in [0.05, 0.1) is 13.2 Å². The van der Waals surface area contributed by atoms with Gasteiger partial charge in [0.15, 0.2) is 5.03 Å². The Kier molecular flexibility index (Phi) is 5.18. The van der Waals surface area contributed by atoms with Crippen molar-refractivity contribution in [2.75, 3.05) is 36.6 Å². The molecule has 0 unspecified atom stereocenters. The van der Waals surface area contributed by atoms with E-state index in [4.69, 9.17) is 10.2 Å². The van der Waals surface area contributed by atoms with Gasteiger partial charge in [-0.1, -0.05) is 6.07 Å². The summed E-state index contributed by atoms with van der Waals surface area (Å²) < 4.78 is 0. The molecule has 0 amide bonds. The zero-order chi connectivity index (χ0) is 12.7. The van der Waals surface area contributed by atoms with E-state index in [1.807, 2.05) is 0 Å². The minimum Gasteiger partial charge on any atom is -0.395 e. The number of benzene rings is 1. The molecule has 0 heterocycles. The van der Waals surface area contributed by atoms with Crippen LogP contribution < -0.4 is 10.3 Å². The molecule has 7 heteroatoms. The van der Waals surface area contributed by atoms with E-state index in [-0.39, 0.29) is 13.2 Å². The van der Waals surface area contributed by atoms with Gasteiger partial charge < -0.3 is 15.1 Å². The fourth-order valence-corrected chi connectivity index (χ4v) is 1.49. The Labute approximate surface area is 98.4 Å². The zero-order valence-corrected chi connectivity index (χ0v) is 9.24. The smallest absolute Gasteiger partial charge is 0.162 e. The number of nitro groups is 1. The molecule has 0 aromatic heterocycles. The average molecular weight is 241 g/mol. The molecule has 0 spiro atoms. The lowest BCUT2D eigenvalue weighted by Gasteiger charge is -2.23. The maximum atomic E-state index is 10.3. The number of hydrogen-bond acceptors (Lipinski definition) is 5. The van der Waals surface area contributed by atoms with E-state index in [1.54, 1.807) is 29.2 Å². The maximum absolute atomic E-state index is 10.3. The summed E-state index contributed by atoms with van der Waals surface area (Å²) in [7, 11) is 0. The molecule has 0 aliphatic carbocycles. The van der Waals surface area contributed by atoms with E-state index < -0.39 is 5.03 Å². The molecule has 0 atom stereocenters. The second kappa shape index (κ2) is 6.66. The fourth-order valence-electron chi connectivity index (χ4n) is 1.49. The molecule has 0 saturated carbocycles.